The van der Waals surface area contributed by atoms with E-state index < -0.39 is 0 Å². The average molecular weight is 508 g/mol. The molecule has 152 valence electrons. The summed E-state index contributed by atoms with van der Waals surface area (Å²) >= 11 is 6.24. The van der Waals surface area contributed by atoms with Crippen LogP contribution in [0.25, 0.3) is 28.8 Å². The predicted molar refractivity (Wildman–Crippen MR) is 127 cm³/mol. The molecule has 0 atom stereocenters. The van der Waals surface area contributed by atoms with E-state index >= 15 is 0 Å². The van der Waals surface area contributed by atoms with Gasteiger partial charge in [-0.15, -0.1) is 0 Å². The van der Waals surface area contributed by atoms with E-state index in [0.29, 0.717) is 37.8 Å². The fourth-order valence-corrected chi connectivity index (χ4v) is 4.96. The van der Waals surface area contributed by atoms with Crippen LogP contribution in [0, 0.1) is 0 Å². The molecule has 0 amide bonds. The summed E-state index contributed by atoms with van der Waals surface area (Å²) in [5.41, 5.74) is 3.31. The molecule has 0 fully saturated rings. The number of thioether (sulfide) groups is 2. The molecule has 0 bridgehead atoms. The Hall–Kier alpha value is -2.68. The third kappa shape index (κ3) is 3.86. The molecular weight excluding hydrogens is 494 g/mol. The fraction of sp³-hybridized carbons (Fsp3) is 0.0435. The molecule has 0 spiro atoms. The zero-order valence-electron chi connectivity index (χ0n) is 16.2. The lowest BCUT2D eigenvalue weighted by molar-refractivity contribution is 0.104. The summed E-state index contributed by atoms with van der Waals surface area (Å²) in [6.45, 7) is 0. The van der Waals surface area contributed by atoms with E-state index in [1.807, 2.05) is 66.9 Å². The smallest absolute Gasteiger partial charge is 0.204 e. The number of rotatable bonds is 4. The lowest BCUT2D eigenvalue weighted by atomic mass is 10.0. The van der Waals surface area contributed by atoms with Crippen LogP contribution in [0.2, 0.25) is 0 Å². The van der Waals surface area contributed by atoms with E-state index in [4.69, 9.17) is 4.42 Å². The van der Waals surface area contributed by atoms with Gasteiger partial charge in [-0.25, -0.2) is 15.0 Å². The second-order valence-electron chi connectivity index (χ2n) is 6.63. The van der Waals surface area contributed by atoms with E-state index in [9.17, 15) is 4.79 Å². The Morgan fingerprint density at radius 3 is 2.55 bits per heavy atom. The van der Waals surface area contributed by atoms with Crippen molar-refractivity contribution in [2.75, 3.05) is 6.26 Å². The van der Waals surface area contributed by atoms with Crippen molar-refractivity contribution in [1.82, 2.24) is 15.0 Å². The number of allylic oxidation sites excluding steroid dienone is 1. The molecule has 0 saturated heterocycles. The molecule has 2 aromatic carbocycles. The molecule has 4 aromatic rings. The van der Waals surface area contributed by atoms with Gasteiger partial charge in [0.1, 0.15) is 16.4 Å². The lowest BCUT2D eigenvalue weighted by Gasteiger charge is -2.07. The van der Waals surface area contributed by atoms with Gasteiger partial charge in [0.2, 0.25) is 5.78 Å². The zero-order valence-corrected chi connectivity index (χ0v) is 19.4. The number of aromatic nitrogens is 3. The van der Waals surface area contributed by atoms with Crippen LogP contribution in [-0.4, -0.2) is 27.0 Å². The first-order valence-corrected chi connectivity index (χ1v) is 12.1. The van der Waals surface area contributed by atoms with Crippen LogP contribution in [-0.2, 0) is 0 Å². The number of nitrogens with zero attached hydrogens (tertiary/aromatic N) is 3. The van der Waals surface area contributed by atoms with Crippen molar-refractivity contribution in [2.24, 2.45) is 0 Å². The third-order valence-corrected chi connectivity index (χ3v) is 6.78. The first-order valence-electron chi connectivity index (χ1n) is 9.29. The summed E-state index contributed by atoms with van der Waals surface area (Å²) in [5, 5.41) is 1.23. The van der Waals surface area contributed by atoms with E-state index in [1.54, 1.807) is 0 Å². The highest BCUT2D eigenvalue weighted by molar-refractivity contribution is 9.10. The maximum atomic E-state index is 13.4. The maximum absolute atomic E-state index is 13.4. The summed E-state index contributed by atoms with van der Waals surface area (Å²) in [6.07, 6.45) is 5.18. The number of halogens is 1. The summed E-state index contributed by atoms with van der Waals surface area (Å²) in [5.74, 6) is 0.468. The monoisotopic (exact) mass is 507 g/mol. The number of oxazole rings is 1. The fourth-order valence-electron chi connectivity index (χ4n) is 3.25. The maximum Gasteiger partial charge on any atom is 0.204 e. The average Bonchev–Trinajstić information content (AvgIpc) is 3.40. The Balaban J connectivity index is 1.65. The molecule has 1 aliphatic heterocycles. The Kier molecular flexibility index (Phi) is 5.52. The van der Waals surface area contributed by atoms with Gasteiger partial charge in [-0.3, -0.25) is 4.79 Å². The summed E-state index contributed by atoms with van der Waals surface area (Å²) in [7, 11) is 0. The second-order valence-corrected chi connectivity index (χ2v) is 9.35. The minimum Gasteiger partial charge on any atom is -0.443 e. The molecule has 0 aliphatic carbocycles. The van der Waals surface area contributed by atoms with Gasteiger partial charge in [0.25, 0.3) is 0 Å². The molecule has 2 aromatic heterocycles. The molecule has 8 heteroatoms. The first-order chi connectivity index (χ1) is 15.1. The van der Waals surface area contributed by atoms with Crippen LogP contribution >= 0.6 is 39.5 Å². The van der Waals surface area contributed by atoms with Crippen LogP contribution in [0.1, 0.15) is 15.9 Å². The Morgan fingerprint density at radius 2 is 1.81 bits per heavy atom. The van der Waals surface area contributed by atoms with Crippen LogP contribution in [0.5, 0.6) is 0 Å². The lowest BCUT2D eigenvalue weighted by Crippen LogP contribution is -2.04. The third-order valence-electron chi connectivity index (χ3n) is 4.69. The van der Waals surface area contributed by atoms with Gasteiger partial charge in [-0.1, -0.05) is 81.9 Å². The van der Waals surface area contributed by atoms with Crippen molar-refractivity contribution in [3.63, 3.8) is 0 Å². The van der Waals surface area contributed by atoms with Crippen LogP contribution in [0.3, 0.4) is 0 Å². The van der Waals surface area contributed by atoms with Crippen LogP contribution in [0.15, 0.2) is 85.0 Å². The molecule has 0 N–H and O–H groups in total. The number of ketones is 1. The molecule has 1 aliphatic rings. The molecule has 5 nitrogen and oxygen atoms in total. The number of hydrogen-bond acceptors (Lipinski definition) is 7. The van der Waals surface area contributed by atoms with Gasteiger partial charge in [-0.05, 0) is 30.0 Å². The summed E-state index contributed by atoms with van der Waals surface area (Å²) in [4.78, 5) is 27.7. The SMILES string of the molecule is CSc1nc2c(c(-c3ncoc3-c3ccc(Br)cc3)n1)C(=O)/C(=C/c1ccccc1)S2. The van der Waals surface area contributed by atoms with Crippen molar-refractivity contribution < 1.29 is 9.21 Å². The molecule has 5 rings (SSSR count). The molecule has 0 unspecified atom stereocenters. The zero-order chi connectivity index (χ0) is 21.4. The number of benzene rings is 2. The minimum absolute atomic E-state index is 0.101. The highest BCUT2D eigenvalue weighted by Gasteiger charge is 2.34. The van der Waals surface area contributed by atoms with Crippen LogP contribution in [0.4, 0.5) is 0 Å². The van der Waals surface area contributed by atoms with Crippen LogP contribution < -0.4 is 0 Å². The van der Waals surface area contributed by atoms with Gasteiger partial charge >= 0.3 is 0 Å². The van der Waals surface area contributed by atoms with E-state index in [2.05, 4.69) is 30.9 Å². The van der Waals surface area contributed by atoms with Gasteiger partial charge in [0.05, 0.1) is 10.5 Å². The normalized spacial score (nSPS) is 14.3. The van der Waals surface area contributed by atoms with Gasteiger partial charge in [0, 0.05) is 10.0 Å². The minimum atomic E-state index is -0.101. The van der Waals surface area contributed by atoms with E-state index in [-0.39, 0.29) is 5.78 Å². The number of carbonyl (C=O) groups excluding carboxylic acids is 1. The Bertz CT molecular complexity index is 1320. The van der Waals surface area contributed by atoms with E-state index in [0.717, 1.165) is 15.6 Å². The first kappa shape index (κ1) is 20.2. The van der Waals surface area contributed by atoms with Gasteiger partial charge in [0.15, 0.2) is 17.3 Å². The molecule has 0 radical (unpaired) electrons. The van der Waals surface area contributed by atoms with Gasteiger partial charge < -0.3 is 4.42 Å². The molecule has 31 heavy (non-hydrogen) atoms. The molecule has 0 saturated carbocycles. The number of hydrogen-bond donors (Lipinski definition) is 0. The Morgan fingerprint density at radius 1 is 1.03 bits per heavy atom. The predicted octanol–water partition coefficient (Wildman–Crippen LogP) is 6.61. The Labute approximate surface area is 195 Å². The summed E-state index contributed by atoms with van der Waals surface area (Å²) < 4.78 is 6.67. The highest BCUT2D eigenvalue weighted by atomic mass is 79.9. The largest absolute Gasteiger partial charge is 0.443 e. The number of fused-ring (bicyclic) bond motifs is 1. The number of Topliss-reactive ketones (excluding diaryl/α,β-unsaturated/α-hetero) is 1. The van der Waals surface area contributed by atoms with Crippen molar-refractivity contribution >= 4 is 51.3 Å². The topological polar surface area (TPSA) is 68.9 Å². The molecule has 3 heterocycles. The summed E-state index contributed by atoms with van der Waals surface area (Å²) in [6, 6.07) is 17.5. The molecular formula is C23H14BrN3O2S2. The van der Waals surface area contributed by atoms with Crippen molar-refractivity contribution in [2.45, 2.75) is 10.2 Å². The van der Waals surface area contributed by atoms with Gasteiger partial charge in [-0.2, -0.15) is 0 Å². The van der Waals surface area contributed by atoms with Crippen molar-refractivity contribution in [3.8, 4) is 22.7 Å². The van der Waals surface area contributed by atoms with Crippen molar-refractivity contribution in [1.29, 1.82) is 0 Å². The number of carbonyl (C=O) groups is 1. The second kappa shape index (κ2) is 8.45. The standard InChI is InChI=1S/C23H14BrN3O2S2/c1-30-23-26-18(19-21(29-12-25-19)14-7-9-15(24)10-8-14)17-20(28)16(31-22(17)27-23)11-13-5-3-2-4-6-13/h2-12H,1H3/b16-11-. The van der Waals surface area contributed by atoms with Crippen molar-refractivity contribution in [3.05, 3.63) is 81.5 Å². The highest BCUT2D eigenvalue weighted by Crippen LogP contribution is 2.45. The van der Waals surface area contributed by atoms with E-state index in [1.165, 1.54) is 29.9 Å². The quantitative estimate of drug-likeness (QED) is 0.133.